The van der Waals surface area contributed by atoms with Gasteiger partial charge in [-0.05, 0) is 25.0 Å². The van der Waals surface area contributed by atoms with Crippen LogP contribution >= 0.6 is 0 Å². The summed E-state index contributed by atoms with van der Waals surface area (Å²) in [6.07, 6.45) is 3.58. The molecule has 2 heteroatoms. The SMILES string of the molecule is C[C@H](N=CC=N[C@@H](C)c1ccccc1)c1ccccc1. The van der Waals surface area contributed by atoms with E-state index in [0.717, 1.165) is 0 Å². The Morgan fingerprint density at radius 3 is 1.35 bits per heavy atom. The van der Waals surface area contributed by atoms with Crippen LogP contribution in [0.15, 0.2) is 70.6 Å². The van der Waals surface area contributed by atoms with Gasteiger partial charge in [0.15, 0.2) is 0 Å². The molecule has 2 nitrogen and oxygen atoms in total. The van der Waals surface area contributed by atoms with Gasteiger partial charge in [-0.15, -0.1) is 0 Å². The highest BCUT2D eigenvalue weighted by Crippen LogP contribution is 2.16. The highest BCUT2D eigenvalue weighted by molar-refractivity contribution is 6.16. The van der Waals surface area contributed by atoms with Crippen molar-refractivity contribution in [3.63, 3.8) is 0 Å². The van der Waals surface area contributed by atoms with E-state index in [9.17, 15) is 0 Å². The fourth-order valence-electron chi connectivity index (χ4n) is 1.97. The predicted molar refractivity (Wildman–Crippen MR) is 86.7 cm³/mol. The summed E-state index contributed by atoms with van der Waals surface area (Å²) in [6.45, 7) is 4.17. The maximum absolute atomic E-state index is 4.49. The molecule has 2 aromatic carbocycles. The Morgan fingerprint density at radius 2 is 1.00 bits per heavy atom. The minimum Gasteiger partial charge on any atom is -0.284 e. The average molecular weight is 264 g/mol. The lowest BCUT2D eigenvalue weighted by atomic mass is 10.1. The van der Waals surface area contributed by atoms with E-state index in [0.29, 0.717) is 0 Å². The standard InChI is InChI=1S/C18H20N2/c1-15(17-9-5-3-6-10-17)19-13-14-20-16(2)18-11-7-4-8-12-18/h3-16H,1-2H3/t15-,16-/m0/s1. The predicted octanol–water partition coefficient (Wildman–Crippen LogP) is 4.65. The summed E-state index contributed by atoms with van der Waals surface area (Å²) in [5.41, 5.74) is 2.43. The highest BCUT2D eigenvalue weighted by Gasteiger charge is 2.00. The number of hydrogen-bond acceptors (Lipinski definition) is 2. The Kier molecular flexibility index (Phi) is 5.24. The number of rotatable bonds is 5. The monoisotopic (exact) mass is 264 g/mol. The van der Waals surface area contributed by atoms with Gasteiger partial charge in [0.05, 0.1) is 12.1 Å². The van der Waals surface area contributed by atoms with Crippen molar-refractivity contribution in [1.82, 2.24) is 0 Å². The molecule has 0 fully saturated rings. The summed E-state index contributed by atoms with van der Waals surface area (Å²) < 4.78 is 0. The van der Waals surface area contributed by atoms with Crippen molar-refractivity contribution in [2.45, 2.75) is 25.9 Å². The largest absolute Gasteiger partial charge is 0.284 e. The Balaban J connectivity index is 1.91. The van der Waals surface area contributed by atoms with Gasteiger partial charge >= 0.3 is 0 Å². The smallest absolute Gasteiger partial charge is 0.0721 e. The zero-order valence-corrected chi connectivity index (χ0v) is 12.0. The average Bonchev–Trinajstić information content (AvgIpc) is 2.53. The molecule has 102 valence electrons. The van der Waals surface area contributed by atoms with Crippen LogP contribution in [0.1, 0.15) is 37.1 Å². The molecule has 0 saturated carbocycles. The third kappa shape index (κ3) is 4.16. The Labute approximate surface area is 120 Å². The summed E-state index contributed by atoms with van der Waals surface area (Å²) in [4.78, 5) is 8.97. The minimum atomic E-state index is 0.162. The second-order valence-electron chi connectivity index (χ2n) is 4.77. The first-order valence-electron chi connectivity index (χ1n) is 6.92. The van der Waals surface area contributed by atoms with Crippen molar-refractivity contribution < 1.29 is 0 Å². The molecule has 0 unspecified atom stereocenters. The molecular formula is C18H20N2. The van der Waals surface area contributed by atoms with Gasteiger partial charge in [0.25, 0.3) is 0 Å². The van der Waals surface area contributed by atoms with Gasteiger partial charge in [-0.25, -0.2) is 0 Å². The van der Waals surface area contributed by atoms with Gasteiger partial charge < -0.3 is 0 Å². The summed E-state index contributed by atoms with van der Waals surface area (Å²) in [6, 6.07) is 20.9. The topological polar surface area (TPSA) is 24.7 Å². The van der Waals surface area contributed by atoms with Crippen LogP contribution in [0.3, 0.4) is 0 Å². The first-order valence-corrected chi connectivity index (χ1v) is 6.92. The fourth-order valence-corrected chi connectivity index (χ4v) is 1.97. The second kappa shape index (κ2) is 7.39. The van der Waals surface area contributed by atoms with Crippen molar-refractivity contribution in [2.24, 2.45) is 9.98 Å². The van der Waals surface area contributed by atoms with Crippen LogP contribution in [0.2, 0.25) is 0 Å². The molecule has 0 N–H and O–H groups in total. The molecule has 2 rings (SSSR count). The fraction of sp³-hybridized carbons (Fsp3) is 0.222. The van der Waals surface area contributed by atoms with Crippen molar-refractivity contribution in [1.29, 1.82) is 0 Å². The van der Waals surface area contributed by atoms with Crippen LogP contribution in [0.25, 0.3) is 0 Å². The maximum Gasteiger partial charge on any atom is 0.0721 e. The van der Waals surface area contributed by atoms with E-state index in [1.165, 1.54) is 11.1 Å². The number of aliphatic imine (C=N–C) groups is 2. The van der Waals surface area contributed by atoms with E-state index in [1.54, 1.807) is 12.4 Å². The van der Waals surface area contributed by atoms with E-state index in [-0.39, 0.29) is 12.1 Å². The first kappa shape index (κ1) is 14.2. The molecule has 0 radical (unpaired) electrons. The molecule has 0 aliphatic heterocycles. The van der Waals surface area contributed by atoms with Crippen LogP contribution in [-0.2, 0) is 0 Å². The molecular weight excluding hydrogens is 244 g/mol. The lowest BCUT2D eigenvalue weighted by Crippen LogP contribution is -1.92. The molecule has 0 aliphatic rings. The van der Waals surface area contributed by atoms with Gasteiger partial charge in [-0.2, -0.15) is 0 Å². The normalized spacial score (nSPS) is 14.7. The first-order chi connectivity index (χ1) is 9.77. The van der Waals surface area contributed by atoms with E-state index in [2.05, 4.69) is 48.1 Å². The van der Waals surface area contributed by atoms with Crippen LogP contribution < -0.4 is 0 Å². The second-order valence-corrected chi connectivity index (χ2v) is 4.77. The van der Waals surface area contributed by atoms with Crippen LogP contribution in [0.5, 0.6) is 0 Å². The molecule has 2 aromatic rings. The third-order valence-electron chi connectivity index (χ3n) is 3.25. The molecule has 0 spiro atoms. The van der Waals surface area contributed by atoms with Gasteiger partial charge in [0.2, 0.25) is 0 Å². The van der Waals surface area contributed by atoms with Crippen molar-refractivity contribution in [3.8, 4) is 0 Å². The molecule has 0 bridgehead atoms. The Bertz CT molecular complexity index is 505. The van der Waals surface area contributed by atoms with E-state index in [1.807, 2.05) is 36.4 Å². The Hall–Kier alpha value is -2.22. The summed E-state index contributed by atoms with van der Waals surface area (Å²) in [5, 5.41) is 0. The van der Waals surface area contributed by atoms with Gasteiger partial charge in [-0.1, -0.05) is 60.7 Å². The van der Waals surface area contributed by atoms with Crippen molar-refractivity contribution >= 4 is 12.4 Å². The maximum atomic E-state index is 4.49. The number of nitrogens with zero attached hydrogens (tertiary/aromatic N) is 2. The zero-order valence-electron chi connectivity index (χ0n) is 12.0. The number of benzene rings is 2. The van der Waals surface area contributed by atoms with E-state index < -0.39 is 0 Å². The molecule has 0 heterocycles. The van der Waals surface area contributed by atoms with Gasteiger partial charge in [0, 0.05) is 12.4 Å². The highest BCUT2D eigenvalue weighted by atomic mass is 14.8. The molecule has 0 amide bonds. The van der Waals surface area contributed by atoms with E-state index in [4.69, 9.17) is 0 Å². The van der Waals surface area contributed by atoms with Crippen LogP contribution in [0, 0.1) is 0 Å². The summed E-state index contributed by atoms with van der Waals surface area (Å²) >= 11 is 0. The molecule has 0 aliphatic carbocycles. The number of hydrogen-bond donors (Lipinski definition) is 0. The minimum absolute atomic E-state index is 0.162. The van der Waals surface area contributed by atoms with Crippen molar-refractivity contribution in [3.05, 3.63) is 71.8 Å². The van der Waals surface area contributed by atoms with E-state index >= 15 is 0 Å². The molecule has 0 aromatic heterocycles. The van der Waals surface area contributed by atoms with Crippen molar-refractivity contribution in [2.75, 3.05) is 0 Å². The zero-order chi connectivity index (χ0) is 14.2. The lowest BCUT2D eigenvalue weighted by Gasteiger charge is -2.06. The van der Waals surface area contributed by atoms with Gasteiger partial charge in [0.1, 0.15) is 0 Å². The summed E-state index contributed by atoms with van der Waals surface area (Å²) in [7, 11) is 0. The van der Waals surface area contributed by atoms with Crippen LogP contribution in [-0.4, -0.2) is 12.4 Å². The van der Waals surface area contributed by atoms with Gasteiger partial charge in [-0.3, -0.25) is 9.98 Å². The lowest BCUT2D eigenvalue weighted by molar-refractivity contribution is 0.820. The summed E-state index contributed by atoms with van der Waals surface area (Å²) in [5.74, 6) is 0. The molecule has 0 saturated heterocycles. The third-order valence-corrected chi connectivity index (χ3v) is 3.25. The Morgan fingerprint density at radius 1 is 0.650 bits per heavy atom. The molecule has 20 heavy (non-hydrogen) atoms. The molecule has 2 atom stereocenters. The quantitative estimate of drug-likeness (QED) is 0.702. The van der Waals surface area contributed by atoms with Crippen LogP contribution in [0.4, 0.5) is 0 Å².